The quantitative estimate of drug-likeness (QED) is 0.948. The zero-order chi connectivity index (χ0) is 13.1. The van der Waals surface area contributed by atoms with Gasteiger partial charge in [0.1, 0.15) is 5.75 Å². The molecule has 2 aromatic rings. The molecule has 0 fully saturated rings. The van der Waals surface area contributed by atoms with Gasteiger partial charge in [-0.25, -0.2) is 4.98 Å². The Bertz CT molecular complexity index is 582. The molecule has 0 aliphatic heterocycles. The van der Waals surface area contributed by atoms with Crippen LogP contribution in [0.3, 0.4) is 0 Å². The van der Waals surface area contributed by atoms with E-state index in [4.69, 9.17) is 10.5 Å². The van der Waals surface area contributed by atoms with Gasteiger partial charge in [0.15, 0.2) is 0 Å². The van der Waals surface area contributed by atoms with Crippen LogP contribution in [0.25, 0.3) is 0 Å². The van der Waals surface area contributed by atoms with Crippen LogP contribution in [0.5, 0.6) is 11.6 Å². The number of ether oxygens (including phenoxy) is 1. The van der Waals surface area contributed by atoms with Crippen molar-refractivity contribution >= 4 is 21.8 Å². The molecule has 0 saturated heterocycles. The van der Waals surface area contributed by atoms with E-state index in [-0.39, 0.29) is 0 Å². The SMILES string of the molecule is Cc1cc(C(N)=O)cc(Oc2ccc(Br)cc2)n1. The van der Waals surface area contributed by atoms with Crippen LogP contribution < -0.4 is 10.5 Å². The number of carbonyl (C=O) groups excluding carboxylic acids is 1. The molecule has 18 heavy (non-hydrogen) atoms. The van der Waals surface area contributed by atoms with Crippen molar-refractivity contribution in [3.05, 3.63) is 52.1 Å². The molecule has 0 spiro atoms. The minimum atomic E-state index is -0.499. The Hall–Kier alpha value is -1.88. The average Bonchev–Trinajstić information content (AvgIpc) is 2.31. The highest BCUT2D eigenvalue weighted by atomic mass is 79.9. The number of pyridine rings is 1. The fraction of sp³-hybridized carbons (Fsp3) is 0.0769. The Balaban J connectivity index is 2.28. The van der Waals surface area contributed by atoms with Crippen LogP contribution in [0, 0.1) is 6.92 Å². The molecule has 4 nitrogen and oxygen atoms in total. The summed E-state index contributed by atoms with van der Waals surface area (Å²) in [5.41, 5.74) is 6.30. The maximum atomic E-state index is 11.1. The Morgan fingerprint density at radius 3 is 2.56 bits per heavy atom. The number of rotatable bonds is 3. The lowest BCUT2D eigenvalue weighted by molar-refractivity contribution is 0.0999. The second-order valence-electron chi connectivity index (χ2n) is 3.76. The van der Waals surface area contributed by atoms with Crippen molar-refractivity contribution in [1.82, 2.24) is 4.98 Å². The van der Waals surface area contributed by atoms with Crippen LogP contribution in [0.4, 0.5) is 0 Å². The molecule has 2 rings (SSSR count). The zero-order valence-corrected chi connectivity index (χ0v) is 11.3. The van der Waals surface area contributed by atoms with Gasteiger partial charge in [-0.05, 0) is 37.3 Å². The number of nitrogens with zero attached hydrogens (tertiary/aromatic N) is 1. The third kappa shape index (κ3) is 3.07. The lowest BCUT2D eigenvalue weighted by atomic mass is 10.2. The summed E-state index contributed by atoms with van der Waals surface area (Å²) in [7, 11) is 0. The van der Waals surface area contributed by atoms with E-state index in [1.807, 2.05) is 12.1 Å². The number of nitrogens with two attached hydrogens (primary N) is 1. The fourth-order valence-corrected chi connectivity index (χ4v) is 1.72. The van der Waals surface area contributed by atoms with E-state index in [0.29, 0.717) is 22.9 Å². The third-order valence-corrected chi connectivity index (χ3v) is 2.78. The molecule has 1 aromatic carbocycles. The smallest absolute Gasteiger partial charge is 0.248 e. The summed E-state index contributed by atoms with van der Waals surface area (Å²) < 4.78 is 6.53. The van der Waals surface area contributed by atoms with Crippen LogP contribution in [-0.4, -0.2) is 10.9 Å². The van der Waals surface area contributed by atoms with Gasteiger partial charge in [0.2, 0.25) is 11.8 Å². The standard InChI is InChI=1S/C13H11BrN2O2/c1-8-6-9(13(15)17)7-12(16-8)18-11-4-2-10(14)3-5-11/h2-7H,1H3,(H2,15,17). The van der Waals surface area contributed by atoms with Crippen LogP contribution in [0.2, 0.25) is 0 Å². The van der Waals surface area contributed by atoms with Gasteiger partial charge in [-0.15, -0.1) is 0 Å². The van der Waals surface area contributed by atoms with Gasteiger partial charge in [-0.1, -0.05) is 15.9 Å². The predicted octanol–water partition coefficient (Wildman–Crippen LogP) is 3.04. The molecule has 1 amide bonds. The molecule has 2 N–H and O–H groups in total. The molecule has 0 atom stereocenters. The summed E-state index contributed by atoms with van der Waals surface area (Å²) in [6, 6.07) is 10.5. The number of amides is 1. The van der Waals surface area contributed by atoms with E-state index in [1.54, 1.807) is 25.1 Å². The fourth-order valence-electron chi connectivity index (χ4n) is 1.46. The molecule has 5 heteroatoms. The summed E-state index contributed by atoms with van der Waals surface area (Å²) in [5, 5.41) is 0. The summed E-state index contributed by atoms with van der Waals surface area (Å²) in [6.07, 6.45) is 0. The summed E-state index contributed by atoms with van der Waals surface area (Å²) in [5.74, 6) is 0.499. The lowest BCUT2D eigenvalue weighted by Gasteiger charge is -2.07. The number of aromatic nitrogens is 1. The number of hydrogen-bond donors (Lipinski definition) is 1. The summed E-state index contributed by atoms with van der Waals surface area (Å²) in [6.45, 7) is 1.78. The van der Waals surface area contributed by atoms with Gasteiger partial charge in [-0.3, -0.25) is 4.79 Å². The van der Waals surface area contributed by atoms with Crippen molar-refractivity contribution < 1.29 is 9.53 Å². The second kappa shape index (κ2) is 5.18. The predicted molar refractivity (Wildman–Crippen MR) is 71.7 cm³/mol. The van der Waals surface area contributed by atoms with Crippen molar-refractivity contribution in [3.8, 4) is 11.6 Å². The molecule has 92 valence electrons. The molecule has 0 bridgehead atoms. The summed E-state index contributed by atoms with van der Waals surface area (Å²) >= 11 is 3.34. The lowest BCUT2D eigenvalue weighted by Crippen LogP contribution is -2.11. The normalized spacial score (nSPS) is 10.1. The molecule has 0 aliphatic carbocycles. The third-order valence-electron chi connectivity index (χ3n) is 2.25. The van der Waals surface area contributed by atoms with Gasteiger partial charge < -0.3 is 10.5 Å². The van der Waals surface area contributed by atoms with Gasteiger partial charge in [0, 0.05) is 21.8 Å². The molecular formula is C13H11BrN2O2. The first-order valence-electron chi connectivity index (χ1n) is 5.26. The number of aryl methyl sites for hydroxylation is 1. The highest BCUT2D eigenvalue weighted by molar-refractivity contribution is 9.10. The Morgan fingerprint density at radius 2 is 1.94 bits per heavy atom. The van der Waals surface area contributed by atoms with Crippen molar-refractivity contribution in [3.63, 3.8) is 0 Å². The zero-order valence-electron chi connectivity index (χ0n) is 9.68. The van der Waals surface area contributed by atoms with Gasteiger partial charge in [-0.2, -0.15) is 0 Å². The van der Waals surface area contributed by atoms with Crippen LogP contribution in [-0.2, 0) is 0 Å². The van der Waals surface area contributed by atoms with E-state index >= 15 is 0 Å². The molecule has 1 heterocycles. The van der Waals surface area contributed by atoms with Crippen LogP contribution >= 0.6 is 15.9 Å². The van der Waals surface area contributed by atoms with Gasteiger partial charge in [0.05, 0.1) is 0 Å². The monoisotopic (exact) mass is 306 g/mol. The van der Waals surface area contributed by atoms with Gasteiger partial charge >= 0.3 is 0 Å². The van der Waals surface area contributed by atoms with E-state index in [0.717, 1.165) is 4.47 Å². The molecular weight excluding hydrogens is 296 g/mol. The van der Waals surface area contributed by atoms with Gasteiger partial charge in [0.25, 0.3) is 0 Å². The van der Waals surface area contributed by atoms with Crippen molar-refractivity contribution in [2.24, 2.45) is 5.73 Å². The molecule has 1 aromatic heterocycles. The Kier molecular flexibility index (Phi) is 3.62. The number of carbonyl (C=O) groups is 1. The average molecular weight is 307 g/mol. The minimum Gasteiger partial charge on any atom is -0.439 e. The highest BCUT2D eigenvalue weighted by Crippen LogP contribution is 2.22. The molecule has 0 saturated carbocycles. The van der Waals surface area contributed by atoms with E-state index < -0.39 is 5.91 Å². The number of benzene rings is 1. The van der Waals surface area contributed by atoms with E-state index in [9.17, 15) is 4.79 Å². The first kappa shape index (κ1) is 12.6. The molecule has 0 unspecified atom stereocenters. The largest absolute Gasteiger partial charge is 0.439 e. The maximum absolute atomic E-state index is 11.1. The Labute approximate surface area is 113 Å². The van der Waals surface area contributed by atoms with Crippen molar-refractivity contribution in [2.45, 2.75) is 6.92 Å². The van der Waals surface area contributed by atoms with Crippen molar-refractivity contribution in [2.75, 3.05) is 0 Å². The first-order valence-corrected chi connectivity index (χ1v) is 6.06. The van der Waals surface area contributed by atoms with Crippen molar-refractivity contribution in [1.29, 1.82) is 0 Å². The molecule has 0 aliphatic rings. The first-order chi connectivity index (χ1) is 8.54. The van der Waals surface area contributed by atoms with E-state index in [2.05, 4.69) is 20.9 Å². The van der Waals surface area contributed by atoms with E-state index in [1.165, 1.54) is 6.07 Å². The number of halogens is 1. The van der Waals surface area contributed by atoms with Crippen LogP contribution in [0.15, 0.2) is 40.9 Å². The number of hydrogen-bond acceptors (Lipinski definition) is 3. The Morgan fingerprint density at radius 1 is 1.28 bits per heavy atom. The second-order valence-corrected chi connectivity index (χ2v) is 4.67. The topological polar surface area (TPSA) is 65.2 Å². The summed E-state index contributed by atoms with van der Waals surface area (Å²) in [4.78, 5) is 15.3. The highest BCUT2D eigenvalue weighted by Gasteiger charge is 2.06. The maximum Gasteiger partial charge on any atom is 0.248 e. The molecule has 0 radical (unpaired) electrons. The van der Waals surface area contributed by atoms with Crippen LogP contribution in [0.1, 0.15) is 16.1 Å². The minimum absolute atomic E-state index is 0.353. The number of primary amides is 1.